The van der Waals surface area contributed by atoms with Gasteiger partial charge in [-0.3, -0.25) is 14.5 Å². The molecule has 0 saturated carbocycles. The molecule has 0 aliphatic carbocycles. The summed E-state index contributed by atoms with van der Waals surface area (Å²) in [6, 6.07) is 4.71. The van der Waals surface area contributed by atoms with E-state index in [9.17, 15) is 14.7 Å². The minimum Gasteiger partial charge on any atom is -0.502 e. The molecule has 0 spiro atoms. The van der Waals surface area contributed by atoms with Crippen LogP contribution in [0.1, 0.15) is 48.7 Å². The van der Waals surface area contributed by atoms with Crippen LogP contribution >= 0.6 is 0 Å². The molecule has 2 aliphatic heterocycles. The monoisotopic (exact) mass is 459 g/mol. The lowest BCUT2D eigenvalue weighted by Crippen LogP contribution is -2.29. The summed E-state index contributed by atoms with van der Waals surface area (Å²) in [7, 11) is 2.79. The fraction of sp³-hybridized carbons (Fsp3) is 0.500. The summed E-state index contributed by atoms with van der Waals surface area (Å²) in [5.74, 6) is -0.0459. The standard InChI is InChI=1S/C24H29NO8/c1-29-19-10-15(11-20-24(19)32-9-8-31-20)17(13-21(27)30-2)23-22(28)18(26)12-16(33-23)14-25-6-4-3-5-7-25/h10-12,17,28H,3-9,13-14H2,1-2H3. The van der Waals surface area contributed by atoms with Crippen molar-refractivity contribution in [2.24, 2.45) is 0 Å². The molecule has 1 atom stereocenters. The van der Waals surface area contributed by atoms with Crippen molar-refractivity contribution in [2.45, 2.75) is 38.1 Å². The number of rotatable bonds is 7. The number of carbonyl (C=O) groups is 1. The van der Waals surface area contributed by atoms with Crippen LogP contribution in [-0.2, 0) is 16.1 Å². The van der Waals surface area contributed by atoms with Crippen LogP contribution in [0, 0.1) is 0 Å². The quantitative estimate of drug-likeness (QED) is 0.625. The van der Waals surface area contributed by atoms with E-state index in [0.717, 1.165) is 25.9 Å². The summed E-state index contributed by atoms with van der Waals surface area (Å²) in [6.07, 6.45) is 3.23. The van der Waals surface area contributed by atoms with E-state index in [0.29, 0.717) is 48.3 Å². The number of fused-ring (bicyclic) bond motifs is 1. The van der Waals surface area contributed by atoms with Gasteiger partial charge >= 0.3 is 5.97 Å². The maximum Gasteiger partial charge on any atom is 0.306 e. The summed E-state index contributed by atoms with van der Waals surface area (Å²) in [5, 5.41) is 10.7. The number of hydrogen-bond acceptors (Lipinski definition) is 9. The molecule has 1 aromatic carbocycles. The van der Waals surface area contributed by atoms with Crippen molar-refractivity contribution >= 4 is 5.97 Å². The molecule has 1 saturated heterocycles. The van der Waals surface area contributed by atoms with E-state index in [1.165, 1.54) is 26.7 Å². The average Bonchev–Trinajstić information content (AvgIpc) is 2.84. The molecule has 178 valence electrons. The van der Waals surface area contributed by atoms with Gasteiger partial charge in [0.2, 0.25) is 16.9 Å². The fourth-order valence-electron chi connectivity index (χ4n) is 4.31. The highest BCUT2D eigenvalue weighted by molar-refractivity contribution is 5.71. The van der Waals surface area contributed by atoms with E-state index < -0.39 is 23.1 Å². The van der Waals surface area contributed by atoms with Crippen molar-refractivity contribution in [1.82, 2.24) is 4.90 Å². The van der Waals surface area contributed by atoms with Crippen molar-refractivity contribution in [3.63, 3.8) is 0 Å². The second kappa shape index (κ2) is 10.2. The first-order chi connectivity index (χ1) is 16.0. The van der Waals surface area contributed by atoms with E-state index in [2.05, 4.69) is 4.90 Å². The minimum absolute atomic E-state index is 0.0126. The molecule has 33 heavy (non-hydrogen) atoms. The van der Waals surface area contributed by atoms with E-state index in [4.69, 9.17) is 23.4 Å². The molecule has 9 heteroatoms. The number of ether oxygens (including phenoxy) is 4. The number of aromatic hydroxyl groups is 1. The van der Waals surface area contributed by atoms with Crippen molar-refractivity contribution in [3.8, 4) is 23.0 Å². The van der Waals surface area contributed by atoms with Crippen LogP contribution in [-0.4, -0.2) is 56.5 Å². The Morgan fingerprint density at radius 1 is 1.12 bits per heavy atom. The van der Waals surface area contributed by atoms with Gasteiger partial charge in [-0.15, -0.1) is 0 Å². The predicted molar refractivity (Wildman–Crippen MR) is 118 cm³/mol. The molecule has 0 radical (unpaired) electrons. The van der Waals surface area contributed by atoms with Gasteiger partial charge < -0.3 is 28.5 Å². The lowest BCUT2D eigenvalue weighted by Gasteiger charge is -2.26. The molecule has 3 heterocycles. The third-order valence-corrected chi connectivity index (χ3v) is 6.00. The molecule has 1 N–H and O–H groups in total. The Morgan fingerprint density at radius 3 is 2.61 bits per heavy atom. The molecule has 0 amide bonds. The number of benzene rings is 1. The van der Waals surface area contributed by atoms with E-state index >= 15 is 0 Å². The van der Waals surface area contributed by atoms with Crippen molar-refractivity contribution in [2.75, 3.05) is 40.5 Å². The number of nitrogens with zero attached hydrogens (tertiary/aromatic N) is 1. The summed E-state index contributed by atoms with van der Waals surface area (Å²) < 4.78 is 27.8. The zero-order chi connectivity index (χ0) is 23.4. The Bertz CT molecular complexity index is 1040. The average molecular weight is 459 g/mol. The first-order valence-electron chi connectivity index (χ1n) is 11.1. The minimum atomic E-state index is -0.795. The zero-order valence-electron chi connectivity index (χ0n) is 18.9. The third kappa shape index (κ3) is 5.08. The number of likely N-dealkylation sites (tertiary alicyclic amines) is 1. The molecule has 9 nitrogen and oxygen atoms in total. The summed E-state index contributed by atoms with van der Waals surface area (Å²) in [5.41, 5.74) is 0.0118. The van der Waals surface area contributed by atoms with Gasteiger partial charge in [-0.05, 0) is 43.6 Å². The van der Waals surface area contributed by atoms with Gasteiger partial charge in [-0.1, -0.05) is 6.42 Å². The van der Waals surface area contributed by atoms with Crippen LogP contribution in [0.5, 0.6) is 23.0 Å². The number of hydrogen-bond donors (Lipinski definition) is 1. The van der Waals surface area contributed by atoms with Crippen LogP contribution in [0.3, 0.4) is 0 Å². The largest absolute Gasteiger partial charge is 0.502 e. The van der Waals surface area contributed by atoms with Crippen LogP contribution in [0.25, 0.3) is 0 Å². The third-order valence-electron chi connectivity index (χ3n) is 6.00. The molecule has 2 aromatic rings. The van der Waals surface area contributed by atoms with Crippen molar-refractivity contribution < 1.29 is 33.3 Å². The van der Waals surface area contributed by atoms with E-state index in [1.807, 2.05) is 0 Å². The highest BCUT2D eigenvalue weighted by Gasteiger charge is 2.30. The number of carbonyl (C=O) groups excluding carboxylic acids is 1. The molecular weight excluding hydrogens is 430 g/mol. The Balaban J connectivity index is 1.77. The van der Waals surface area contributed by atoms with Crippen molar-refractivity contribution in [1.29, 1.82) is 0 Å². The summed E-state index contributed by atoms with van der Waals surface area (Å²) in [4.78, 5) is 27.1. The Labute approximate surface area is 191 Å². The van der Waals surface area contributed by atoms with Crippen LogP contribution < -0.4 is 19.6 Å². The normalized spacial score (nSPS) is 16.8. The Kier molecular flexibility index (Phi) is 7.08. The van der Waals surface area contributed by atoms with E-state index in [-0.39, 0.29) is 12.2 Å². The number of piperidine rings is 1. The van der Waals surface area contributed by atoms with Gasteiger partial charge in [0.05, 0.1) is 33.1 Å². The smallest absolute Gasteiger partial charge is 0.306 e. The lowest BCUT2D eigenvalue weighted by atomic mass is 9.91. The fourth-order valence-corrected chi connectivity index (χ4v) is 4.31. The van der Waals surface area contributed by atoms with Gasteiger partial charge in [0.1, 0.15) is 19.0 Å². The van der Waals surface area contributed by atoms with Crippen LogP contribution in [0.15, 0.2) is 27.4 Å². The predicted octanol–water partition coefficient (Wildman–Crippen LogP) is 2.81. The summed E-state index contributed by atoms with van der Waals surface area (Å²) >= 11 is 0. The van der Waals surface area contributed by atoms with Crippen molar-refractivity contribution in [3.05, 3.63) is 45.5 Å². The van der Waals surface area contributed by atoms with E-state index in [1.54, 1.807) is 12.1 Å². The topological polar surface area (TPSA) is 108 Å². The van der Waals surface area contributed by atoms with Crippen LogP contribution in [0.2, 0.25) is 0 Å². The Hall–Kier alpha value is -3.20. The molecule has 0 bridgehead atoms. The maximum atomic E-state index is 12.6. The SMILES string of the molecule is COC(=O)CC(c1cc(OC)c2c(c1)OCCO2)c1oc(CN2CCCCC2)cc(=O)c1O. The lowest BCUT2D eigenvalue weighted by molar-refractivity contribution is -0.140. The molecule has 1 unspecified atom stereocenters. The van der Waals surface area contributed by atoms with Gasteiger partial charge in [0.15, 0.2) is 17.3 Å². The van der Waals surface area contributed by atoms with Gasteiger partial charge in [-0.2, -0.15) is 0 Å². The molecule has 1 aromatic heterocycles. The van der Waals surface area contributed by atoms with Gasteiger partial charge in [0, 0.05) is 6.07 Å². The second-order valence-electron chi connectivity index (χ2n) is 8.21. The maximum absolute atomic E-state index is 12.6. The van der Waals surface area contributed by atoms with Gasteiger partial charge in [0.25, 0.3) is 0 Å². The highest BCUT2D eigenvalue weighted by atomic mass is 16.6. The molecule has 1 fully saturated rings. The molecule has 4 rings (SSSR count). The number of esters is 1. The Morgan fingerprint density at radius 2 is 1.88 bits per heavy atom. The first kappa shape index (κ1) is 23.0. The first-order valence-corrected chi connectivity index (χ1v) is 11.1. The van der Waals surface area contributed by atoms with Gasteiger partial charge in [-0.25, -0.2) is 0 Å². The van der Waals surface area contributed by atoms with Crippen LogP contribution in [0.4, 0.5) is 0 Å². The zero-order valence-corrected chi connectivity index (χ0v) is 18.9. The molecule has 2 aliphatic rings. The second-order valence-corrected chi connectivity index (χ2v) is 8.21. The number of methoxy groups -OCH3 is 2. The highest BCUT2D eigenvalue weighted by Crippen LogP contribution is 2.44. The summed E-state index contributed by atoms with van der Waals surface area (Å²) in [6.45, 7) is 3.06. The molecular formula is C24H29NO8.